The summed E-state index contributed by atoms with van der Waals surface area (Å²) in [4.78, 5) is 12.0. The van der Waals surface area contributed by atoms with Crippen LogP contribution in [0, 0.1) is 5.92 Å². The summed E-state index contributed by atoms with van der Waals surface area (Å²) in [6, 6.07) is 9.11. The van der Waals surface area contributed by atoms with E-state index in [1.165, 1.54) is 0 Å². The molecule has 4 heteroatoms. The number of alkyl halides is 2. The molecule has 0 aromatic heterocycles. The van der Waals surface area contributed by atoms with Crippen molar-refractivity contribution in [2.75, 3.05) is 5.32 Å². The Bertz CT molecular complexity index is 406. The number of amides is 1. The van der Waals surface area contributed by atoms with Crippen LogP contribution in [0.25, 0.3) is 0 Å². The minimum Gasteiger partial charge on any atom is -0.326 e. The first-order chi connectivity index (χ1) is 8.57. The molecule has 0 saturated heterocycles. The smallest absolute Gasteiger partial charge is 0.248 e. The van der Waals surface area contributed by atoms with Gasteiger partial charge in [-0.2, -0.15) is 0 Å². The fourth-order valence-corrected chi connectivity index (χ4v) is 2.29. The second kappa shape index (κ2) is 5.46. The molecular weight excluding hydrogens is 236 g/mol. The van der Waals surface area contributed by atoms with Gasteiger partial charge in [0.1, 0.15) is 0 Å². The van der Waals surface area contributed by atoms with Gasteiger partial charge in [0.2, 0.25) is 11.8 Å². The Balaban J connectivity index is 1.93. The van der Waals surface area contributed by atoms with Gasteiger partial charge in [-0.1, -0.05) is 18.2 Å². The molecule has 1 N–H and O–H groups in total. The van der Waals surface area contributed by atoms with Crippen LogP contribution in [0.15, 0.2) is 30.3 Å². The molecule has 98 valence electrons. The highest BCUT2D eigenvalue weighted by Crippen LogP contribution is 2.34. The predicted molar refractivity (Wildman–Crippen MR) is 66.6 cm³/mol. The van der Waals surface area contributed by atoms with Crippen molar-refractivity contribution in [3.8, 4) is 0 Å². The number of rotatable bonds is 2. The number of halogens is 2. The van der Waals surface area contributed by atoms with Gasteiger partial charge in [-0.25, -0.2) is 8.78 Å². The largest absolute Gasteiger partial charge is 0.326 e. The van der Waals surface area contributed by atoms with E-state index in [0.29, 0.717) is 12.8 Å². The van der Waals surface area contributed by atoms with Gasteiger partial charge in [-0.3, -0.25) is 4.79 Å². The van der Waals surface area contributed by atoms with E-state index >= 15 is 0 Å². The summed E-state index contributed by atoms with van der Waals surface area (Å²) in [5, 5.41) is 2.78. The maximum absolute atomic E-state index is 13.2. The average molecular weight is 253 g/mol. The zero-order valence-corrected chi connectivity index (χ0v) is 10.2. The van der Waals surface area contributed by atoms with Gasteiger partial charge in [0.05, 0.1) is 0 Å². The molecule has 0 bridgehead atoms. The van der Waals surface area contributed by atoms with Gasteiger partial charge < -0.3 is 5.32 Å². The number of hydrogen-bond donors (Lipinski definition) is 1. The predicted octanol–water partition coefficient (Wildman–Crippen LogP) is 3.84. The number of hydrogen-bond acceptors (Lipinski definition) is 1. The molecule has 0 spiro atoms. The minimum atomic E-state index is -2.60. The Morgan fingerprint density at radius 3 is 2.61 bits per heavy atom. The third kappa shape index (κ3) is 3.52. The molecule has 1 aromatic rings. The summed E-state index contributed by atoms with van der Waals surface area (Å²) in [7, 11) is 0. The van der Waals surface area contributed by atoms with E-state index in [4.69, 9.17) is 0 Å². The molecule has 18 heavy (non-hydrogen) atoms. The van der Waals surface area contributed by atoms with Gasteiger partial charge in [0.25, 0.3) is 0 Å². The summed E-state index contributed by atoms with van der Waals surface area (Å²) in [5.41, 5.74) is 0.721. The van der Waals surface area contributed by atoms with E-state index in [1.807, 2.05) is 18.2 Å². The minimum absolute atomic E-state index is 0.0951. The van der Waals surface area contributed by atoms with Crippen LogP contribution < -0.4 is 5.32 Å². The van der Waals surface area contributed by atoms with Crippen LogP contribution in [0.1, 0.15) is 32.1 Å². The Kier molecular flexibility index (Phi) is 3.94. The lowest BCUT2D eigenvalue weighted by Crippen LogP contribution is -2.23. The molecule has 0 radical (unpaired) electrons. The Labute approximate surface area is 105 Å². The molecular formula is C14H17F2NO. The van der Waals surface area contributed by atoms with Crippen molar-refractivity contribution >= 4 is 11.6 Å². The highest BCUT2D eigenvalue weighted by Gasteiger charge is 2.34. The zero-order valence-electron chi connectivity index (χ0n) is 10.2. The molecule has 1 atom stereocenters. The quantitative estimate of drug-likeness (QED) is 0.797. The van der Waals surface area contributed by atoms with Crippen LogP contribution in [0.5, 0.6) is 0 Å². The van der Waals surface area contributed by atoms with E-state index < -0.39 is 5.92 Å². The third-order valence-corrected chi connectivity index (χ3v) is 3.37. The molecule has 0 heterocycles. The Morgan fingerprint density at radius 1 is 1.17 bits per heavy atom. The average Bonchev–Trinajstić information content (AvgIpc) is 2.51. The fraction of sp³-hybridized carbons (Fsp3) is 0.500. The molecule has 1 aromatic carbocycles. The maximum Gasteiger partial charge on any atom is 0.248 e. The number of para-hydroxylation sites is 1. The molecule has 1 saturated carbocycles. The number of carbonyl (C=O) groups is 1. The van der Waals surface area contributed by atoms with Crippen LogP contribution >= 0.6 is 0 Å². The summed E-state index contributed by atoms with van der Waals surface area (Å²) in [6.45, 7) is 0. The Morgan fingerprint density at radius 2 is 1.89 bits per heavy atom. The van der Waals surface area contributed by atoms with Crippen molar-refractivity contribution in [1.29, 1.82) is 0 Å². The van der Waals surface area contributed by atoms with E-state index in [9.17, 15) is 13.6 Å². The summed E-state index contributed by atoms with van der Waals surface area (Å²) in [6.07, 6.45) is 0.960. The lowest BCUT2D eigenvalue weighted by molar-refractivity contribution is -0.120. The van der Waals surface area contributed by atoms with Gasteiger partial charge in [-0.05, 0) is 31.4 Å². The lowest BCUT2D eigenvalue weighted by Gasteiger charge is -2.14. The second-order valence-corrected chi connectivity index (χ2v) is 4.84. The zero-order chi connectivity index (χ0) is 13.0. The van der Waals surface area contributed by atoms with E-state index in [1.54, 1.807) is 12.1 Å². The van der Waals surface area contributed by atoms with Gasteiger partial charge in [-0.15, -0.1) is 0 Å². The molecule has 1 amide bonds. The first kappa shape index (κ1) is 13.0. The normalized spacial score (nSPS) is 23.1. The second-order valence-electron chi connectivity index (χ2n) is 4.84. The van der Waals surface area contributed by atoms with Crippen molar-refractivity contribution in [3.05, 3.63) is 30.3 Å². The highest BCUT2D eigenvalue weighted by atomic mass is 19.3. The van der Waals surface area contributed by atoms with Crippen molar-refractivity contribution in [1.82, 2.24) is 0 Å². The van der Waals surface area contributed by atoms with Gasteiger partial charge in [0.15, 0.2) is 0 Å². The van der Waals surface area contributed by atoms with Crippen LogP contribution in [0.4, 0.5) is 14.5 Å². The molecule has 1 unspecified atom stereocenters. The van der Waals surface area contributed by atoms with Crippen LogP contribution in [0.3, 0.4) is 0 Å². The molecule has 2 rings (SSSR count). The summed E-state index contributed by atoms with van der Waals surface area (Å²) in [5.74, 6) is -3.03. The topological polar surface area (TPSA) is 29.1 Å². The summed E-state index contributed by atoms with van der Waals surface area (Å²) >= 11 is 0. The van der Waals surface area contributed by atoms with E-state index in [-0.39, 0.29) is 31.1 Å². The first-order valence-corrected chi connectivity index (χ1v) is 6.31. The molecule has 1 fully saturated rings. The molecule has 1 aliphatic rings. The van der Waals surface area contributed by atoms with Crippen LogP contribution in [0.2, 0.25) is 0 Å². The standard InChI is InChI=1S/C14H17F2NO/c15-14(16)9-4-5-11(8-10-14)13(18)17-12-6-2-1-3-7-12/h1-3,6-7,11H,4-5,8-10H2,(H,17,18). The number of nitrogens with one attached hydrogen (secondary N) is 1. The van der Waals surface area contributed by atoms with E-state index in [2.05, 4.69) is 5.32 Å². The number of benzene rings is 1. The van der Waals surface area contributed by atoms with Crippen molar-refractivity contribution in [2.24, 2.45) is 5.92 Å². The van der Waals surface area contributed by atoms with Crippen molar-refractivity contribution < 1.29 is 13.6 Å². The number of carbonyl (C=O) groups excluding carboxylic acids is 1. The van der Waals surface area contributed by atoms with Crippen molar-refractivity contribution in [3.63, 3.8) is 0 Å². The molecule has 2 nitrogen and oxygen atoms in total. The van der Waals surface area contributed by atoms with Crippen LogP contribution in [-0.2, 0) is 4.79 Å². The number of anilines is 1. The van der Waals surface area contributed by atoms with Crippen LogP contribution in [-0.4, -0.2) is 11.8 Å². The lowest BCUT2D eigenvalue weighted by atomic mass is 9.99. The van der Waals surface area contributed by atoms with Gasteiger partial charge in [0, 0.05) is 24.4 Å². The first-order valence-electron chi connectivity index (χ1n) is 6.31. The Hall–Kier alpha value is -1.45. The fourth-order valence-electron chi connectivity index (χ4n) is 2.29. The molecule has 1 aliphatic carbocycles. The monoisotopic (exact) mass is 253 g/mol. The highest BCUT2D eigenvalue weighted by molar-refractivity contribution is 5.92. The summed E-state index contributed by atoms with van der Waals surface area (Å²) < 4.78 is 26.4. The van der Waals surface area contributed by atoms with Crippen molar-refractivity contribution in [2.45, 2.75) is 38.0 Å². The SMILES string of the molecule is O=C(Nc1ccccc1)C1CCCC(F)(F)CC1. The third-order valence-electron chi connectivity index (χ3n) is 3.37. The maximum atomic E-state index is 13.2. The van der Waals surface area contributed by atoms with Gasteiger partial charge >= 0.3 is 0 Å². The van der Waals surface area contributed by atoms with E-state index in [0.717, 1.165) is 5.69 Å². The molecule has 0 aliphatic heterocycles.